The Bertz CT molecular complexity index is 357. The van der Waals surface area contributed by atoms with E-state index in [0.717, 1.165) is 25.8 Å². The third-order valence-electron chi connectivity index (χ3n) is 4.33. The molecule has 1 heterocycles. The molecule has 2 amide bonds. The van der Waals surface area contributed by atoms with Crippen molar-refractivity contribution >= 4 is 12.0 Å². The number of carbonyl (C=O) groups excluding carboxylic acids is 1. The number of urea groups is 1. The van der Waals surface area contributed by atoms with E-state index in [2.05, 4.69) is 20.8 Å². The molecule has 0 spiro atoms. The van der Waals surface area contributed by atoms with E-state index >= 15 is 0 Å². The number of rotatable bonds is 6. The highest BCUT2D eigenvalue weighted by molar-refractivity contribution is 5.74. The molecule has 21 heavy (non-hydrogen) atoms. The molecule has 0 radical (unpaired) electrons. The summed E-state index contributed by atoms with van der Waals surface area (Å²) in [6, 6.07) is 0.320. The Hall–Kier alpha value is -1.26. The van der Waals surface area contributed by atoms with Crippen molar-refractivity contribution in [2.45, 2.75) is 58.9 Å². The summed E-state index contributed by atoms with van der Waals surface area (Å²) in [4.78, 5) is 26.9. The Morgan fingerprint density at radius 3 is 2.57 bits per heavy atom. The highest BCUT2D eigenvalue weighted by atomic mass is 16.4. The standard InChI is InChI=1S/C16H30N2O3/c1-12(2)10-13(3)17(4)16(21)18-9-5-6-14(11-18)7-8-15(19)20/h12-14H,5-11H2,1-4H3,(H,19,20). The van der Waals surface area contributed by atoms with Crippen molar-refractivity contribution in [3.63, 3.8) is 0 Å². The van der Waals surface area contributed by atoms with Crippen molar-refractivity contribution in [3.05, 3.63) is 0 Å². The van der Waals surface area contributed by atoms with Gasteiger partial charge < -0.3 is 14.9 Å². The van der Waals surface area contributed by atoms with E-state index < -0.39 is 5.97 Å². The van der Waals surface area contributed by atoms with Crippen molar-refractivity contribution < 1.29 is 14.7 Å². The molecule has 1 fully saturated rings. The number of piperidine rings is 1. The first-order valence-corrected chi connectivity index (χ1v) is 8.04. The van der Waals surface area contributed by atoms with Gasteiger partial charge >= 0.3 is 12.0 Å². The Kier molecular flexibility index (Phi) is 6.99. The maximum atomic E-state index is 12.5. The Balaban J connectivity index is 2.50. The van der Waals surface area contributed by atoms with Crippen molar-refractivity contribution in [2.75, 3.05) is 20.1 Å². The lowest BCUT2D eigenvalue weighted by molar-refractivity contribution is -0.137. The lowest BCUT2D eigenvalue weighted by Gasteiger charge is -2.37. The van der Waals surface area contributed by atoms with Crippen LogP contribution in [0, 0.1) is 11.8 Å². The number of nitrogens with zero attached hydrogens (tertiary/aromatic N) is 2. The number of aliphatic carboxylic acids is 1. The number of amides is 2. The Labute approximate surface area is 128 Å². The Morgan fingerprint density at radius 2 is 2.00 bits per heavy atom. The summed E-state index contributed by atoms with van der Waals surface area (Å²) in [7, 11) is 1.87. The topological polar surface area (TPSA) is 60.9 Å². The molecule has 0 aromatic carbocycles. The molecule has 5 heteroatoms. The lowest BCUT2D eigenvalue weighted by atomic mass is 9.93. The summed E-state index contributed by atoms with van der Waals surface area (Å²) >= 11 is 0. The fraction of sp³-hybridized carbons (Fsp3) is 0.875. The molecule has 5 nitrogen and oxygen atoms in total. The number of hydrogen-bond acceptors (Lipinski definition) is 2. The van der Waals surface area contributed by atoms with Crippen LogP contribution in [0.4, 0.5) is 4.79 Å². The molecule has 0 bridgehead atoms. The zero-order valence-electron chi connectivity index (χ0n) is 13.8. The van der Waals surface area contributed by atoms with Gasteiger partial charge in [-0.05, 0) is 44.4 Å². The molecule has 0 saturated carbocycles. The van der Waals surface area contributed by atoms with Gasteiger partial charge in [0.1, 0.15) is 0 Å². The maximum Gasteiger partial charge on any atom is 0.319 e. The number of carboxylic acid groups (broad SMARTS) is 1. The first-order chi connectivity index (χ1) is 9.81. The van der Waals surface area contributed by atoms with E-state index in [0.29, 0.717) is 24.8 Å². The SMILES string of the molecule is CC(C)CC(C)N(C)C(=O)N1CCCC(CCC(=O)O)C1. The zero-order valence-corrected chi connectivity index (χ0v) is 13.8. The van der Waals surface area contributed by atoms with Crippen LogP contribution >= 0.6 is 0 Å². The molecule has 2 unspecified atom stereocenters. The smallest absolute Gasteiger partial charge is 0.319 e. The second-order valence-electron chi connectivity index (χ2n) is 6.76. The summed E-state index contributed by atoms with van der Waals surface area (Å²) in [6.45, 7) is 7.91. The highest BCUT2D eigenvalue weighted by Crippen LogP contribution is 2.22. The van der Waals surface area contributed by atoms with Gasteiger partial charge in [-0.1, -0.05) is 13.8 Å². The molecule has 1 saturated heterocycles. The third-order valence-corrected chi connectivity index (χ3v) is 4.33. The zero-order chi connectivity index (χ0) is 16.0. The summed E-state index contributed by atoms with van der Waals surface area (Å²) in [5.41, 5.74) is 0. The van der Waals surface area contributed by atoms with Gasteiger partial charge in [0.2, 0.25) is 0 Å². The van der Waals surface area contributed by atoms with Crippen LogP contribution in [0.25, 0.3) is 0 Å². The summed E-state index contributed by atoms with van der Waals surface area (Å²) in [5.74, 6) is 0.147. The minimum Gasteiger partial charge on any atom is -0.481 e. The van der Waals surface area contributed by atoms with Crippen LogP contribution in [-0.2, 0) is 4.79 Å². The number of likely N-dealkylation sites (tertiary alicyclic amines) is 1. The Morgan fingerprint density at radius 1 is 1.33 bits per heavy atom. The van der Waals surface area contributed by atoms with Crippen LogP contribution in [0.15, 0.2) is 0 Å². The van der Waals surface area contributed by atoms with Gasteiger partial charge in [-0.3, -0.25) is 4.79 Å². The minimum atomic E-state index is -0.749. The van der Waals surface area contributed by atoms with Crippen molar-refractivity contribution in [1.29, 1.82) is 0 Å². The van der Waals surface area contributed by atoms with Crippen LogP contribution in [0.1, 0.15) is 52.9 Å². The van der Waals surface area contributed by atoms with Gasteiger partial charge in [0.15, 0.2) is 0 Å². The van der Waals surface area contributed by atoms with Crippen LogP contribution < -0.4 is 0 Å². The van der Waals surface area contributed by atoms with Crippen molar-refractivity contribution in [3.8, 4) is 0 Å². The van der Waals surface area contributed by atoms with Crippen LogP contribution in [0.5, 0.6) is 0 Å². The van der Waals surface area contributed by atoms with Crippen molar-refractivity contribution in [1.82, 2.24) is 9.80 Å². The molecule has 1 N–H and O–H groups in total. The first-order valence-electron chi connectivity index (χ1n) is 8.04. The quantitative estimate of drug-likeness (QED) is 0.820. The molecule has 122 valence electrons. The van der Waals surface area contributed by atoms with E-state index in [9.17, 15) is 9.59 Å². The molecule has 1 aliphatic rings. The normalized spacial score (nSPS) is 20.4. The largest absolute Gasteiger partial charge is 0.481 e. The van der Waals surface area contributed by atoms with Crippen molar-refractivity contribution in [2.24, 2.45) is 11.8 Å². The fourth-order valence-electron chi connectivity index (χ4n) is 3.05. The molecule has 1 aliphatic heterocycles. The van der Waals surface area contributed by atoms with Gasteiger partial charge in [-0.25, -0.2) is 4.79 Å². The number of carbonyl (C=O) groups is 2. The highest BCUT2D eigenvalue weighted by Gasteiger charge is 2.27. The summed E-state index contributed by atoms with van der Waals surface area (Å²) < 4.78 is 0. The van der Waals surface area contributed by atoms with E-state index in [1.165, 1.54) is 0 Å². The van der Waals surface area contributed by atoms with Gasteiger partial charge in [0.05, 0.1) is 0 Å². The second kappa shape index (κ2) is 8.25. The maximum absolute atomic E-state index is 12.5. The van der Waals surface area contributed by atoms with E-state index in [1.54, 1.807) is 0 Å². The van der Waals surface area contributed by atoms with Gasteiger partial charge in [0, 0.05) is 32.6 Å². The molecule has 2 atom stereocenters. The molecule has 0 aromatic rings. The monoisotopic (exact) mass is 298 g/mol. The predicted molar refractivity (Wildman–Crippen MR) is 83.2 cm³/mol. The van der Waals surface area contributed by atoms with E-state index in [-0.39, 0.29) is 18.5 Å². The summed E-state index contributed by atoms with van der Waals surface area (Å²) in [5, 5.41) is 8.78. The van der Waals surface area contributed by atoms with Gasteiger partial charge in [0.25, 0.3) is 0 Å². The molecule has 0 aliphatic carbocycles. The van der Waals surface area contributed by atoms with Crippen LogP contribution in [0.3, 0.4) is 0 Å². The minimum absolute atomic E-state index is 0.0863. The van der Waals surface area contributed by atoms with Crippen LogP contribution in [0.2, 0.25) is 0 Å². The summed E-state index contributed by atoms with van der Waals surface area (Å²) in [6.07, 6.45) is 3.87. The van der Waals surface area contributed by atoms with Crippen LogP contribution in [-0.4, -0.2) is 53.1 Å². The van der Waals surface area contributed by atoms with E-state index in [1.807, 2.05) is 16.8 Å². The average molecular weight is 298 g/mol. The predicted octanol–water partition coefficient (Wildman–Crippen LogP) is 3.05. The average Bonchev–Trinajstić information content (AvgIpc) is 2.43. The third kappa shape index (κ3) is 5.94. The van der Waals surface area contributed by atoms with E-state index in [4.69, 9.17) is 5.11 Å². The molecule has 0 aromatic heterocycles. The number of carboxylic acids is 1. The molecular weight excluding hydrogens is 268 g/mol. The van der Waals surface area contributed by atoms with Gasteiger partial charge in [-0.2, -0.15) is 0 Å². The lowest BCUT2D eigenvalue weighted by Crippen LogP contribution is -2.49. The molecular formula is C16H30N2O3. The van der Waals surface area contributed by atoms with Gasteiger partial charge in [-0.15, -0.1) is 0 Å². The first kappa shape index (κ1) is 17.8. The number of hydrogen-bond donors (Lipinski definition) is 1. The second-order valence-corrected chi connectivity index (χ2v) is 6.76. The molecule has 1 rings (SSSR count). The fourth-order valence-corrected chi connectivity index (χ4v) is 3.05.